The van der Waals surface area contributed by atoms with Gasteiger partial charge in [0.25, 0.3) is 0 Å². The number of rotatable bonds is 5. The Morgan fingerprint density at radius 2 is 2.00 bits per heavy atom. The zero-order valence-electron chi connectivity index (χ0n) is 13.7. The first kappa shape index (κ1) is 16.6. The Bertz CT molecular complexity index is 736. The maximum atomic E-state index is 12.0. The fourth-order valence-electron chi connectivity index (χ4n) is 2.17. The van der Waals surface area contributed by atoms with Crippen LogP contribution in [0.15, 0.2) is 42.5 Å². The number of hydrogen-bond acceptors (Lipinski definition) is 3. The highest BCUT2D eigenvalue weighted by atomic mass is 16.5. The second-order valence-corrected chi connectivity index (χ2v) is 5.37. The molecule has 0 saturated heterocycles. The molecule has 2 aromatic rings. The highest BCUT2D eigenvalue weighted by Gasteiger charge is 2.03. The largest absolute Gasteiger partial charge is 0.492 e. The van der Waals surface area contributed by atoms with Crippen LogP contribution in [0.25, 0.3) is 6.08 Å². The third kappa shape index (κ3) is 4.61. The first-order chi connectivity index (χ1) is 11.0. The zero-order chi connectivity index (χ0) is 16.8. The van der Waals surface area contributed by atoms with Crippen molar-refractivity contribution < 1.29 is 9.53 Å². The van der Waals surface area contributed by atoms with Crippen LogP contribution in [-0.2, 0) is 4.79 Å². The molecule has 120 valence electrons. The number of aryl methyl sites for hydroxylation is 2. The van der Waals surface area contributed by atoms with Crippen molar-refractivity contribution in [1.82, 2.24) is 0 Å². The molecule has 0 spiro atoms. The smallest absolute Gasteiger partial charge is 0.248 e. The summed E-state index contributed by atoms with van der Waals surface area (Å²) in [7, 11) is 0. The van der Waals surface area contributed by atoms with E-state index in [4.69, 9.17) is 10.5 Å². The molecule has 0 heterocycles. The summed E-state index contributed by atoms with van der Waals surface area (Å²) >= 11 is 0. The molecule has 1 amide bonds. The van der Waals surface area contributed by atoms with Crippen LogP contribution in [0.4, 0.5) is 11.4 Å². The number of nitrogen functional groups attached to an aromatic ring is 1. The molecule has 2 aromatic carbocycles. The van der Waals surface area contributed by atoms with E-state index in [1.165, 1.54) is 6.08 Å². The molecule has 0 fully saturated rings. The van der Waals surface area contributed by atoms with Crippen LogP contribution in [-0.4, -0.2) is 12.5 Å². The van der Waals surface area contributed by atoms with E-state index in [0.29, 0.717) is 18.0 Å². The van der Waals surface area contributed by atoms with E-state index >= 15 is 0 Å². The van der Waals surface area contributed by atoms with Gasteiger partial charge in [-0.25, -0.2) is 0 Å². The Balaban J connectivity index is 2.06. The van der Waals surface area contributed by atoms with Crippen molar-refractivity contribution in [2.45, 2.75) is 20.8 Å². The van der Waals surface area contributed by atoms with E-state index in [9.17, 15) is 4.79 Å². The molecule has 0 bridgehead atoms. The Morgan fingerprint density at radius 3 is 2.70 bits per heavy atom. The number of nitrogens with one attached hydrogen (secondary N) is 1. The van der Waals surface area contributed by atoms with Crippen molar-refractivity contribution in [2.24, 2.45) is 0 Å². The average molecular weight is 310 g/mol. The number of amides is 1. The monoisotopic (exact) mass is 310 g/mol. The molecule has 23 heavy (non-hydrogen) atoms. The second kappa shape index (κ2) is 7.49. The van der Waals surface area contributed by atoms with Crippen LogP contribution >= 0.6 is 0 Å². The summed E-state index contributed by atoms with van der Waals surface area (Å²) in [5.74, 6) is 0.482. The third-order valence-electron chi connectivity index (χ3n) is 3.41. The maximum Gasteiger partial charge on any atom is 0.248 e. The molecule has 0 aliphatic heterocycles. The highest BCUT2D eigenvalue weighted by molar-refractivity contribution is 6.02. The van der Waals surface area contributed by atoms with Gasteiger partial charge in [-0.2, -0.15) is 0 Å². The van der Waals surface area contributed by atoms with Crippen molar-refractivity contribution in [1.29, 1.82) is 0 Å². The first-order valence-corrected chi connectivity index (χ1v) is 7.58. The molecule has 0 aliphatic rings. The lowest BCUT2D eigenvalue weighted by Crippen LogP contribution is -2.09. The fourth-order valence-corrected chi connectivity index (χ4v) is 2.17. The van der Waals surface area contributed by atoms with Gasteiger partial charge in [0.2, 0.25) is 5.91 Å². The molecule has 2 rings (SSSR count). The summed E-state index contributed by atoms with van der Waals surface area (Å²) < 4.78 is 5.39. The number of ether oxygens (including phenoxy) is 1. The lowest BCUT2D eigenvalue weighted by Gasteiger charge is -2.08. The number of hydrogen-bond donors (Lipinski definition) is 2. The molecule has 0 radical (unpaired) electrons. The van der Waals surface area contributed by atoms with Crippen molar-refractivity contribution in [2.75, 3.05) is 17.7 Å². The number of carbonyl (C=O) groups excluding carboxylic acids is 1. The standard InChI is InChI=1S/C19H22N2O2/c1-4-23-18-9-7-15(12-16(18)20)8-10-19(22)21-17-11-13(2)5-6-14(17)3/h5-12H,4,20H2,1-3H3,(H,21,22)/b10-8-. The van der Waals surface area contributed by atoms with Crippen LogP contribution in [0.2, 0.25) is 0 Å². The Kier molecular flexibility index (Phi) is 5.41. The van der Waals surface area contributed by atoms with E-state index in [2.05, 4.69) is 5.32 Å². The molecule has 4 heteroatoms. The van der Waals surface area contributed by atoms with Crippen LogP contribution in [0.5, 0.6) is 5.75 Å². The quantitative estimate of drug-likeness (QED) is 0.649. The van der Waals surface area contributed by atoms with Gasteiger partial charge in [0.1, 0.15) is 5.75 Å². The van der Waals surface area contributed by atoms with Crippen molar-refractivity contribution in [3.8, 4) is 5.75 Å². The van der Waals surface area contributed by atoms with Gasteiger partial charge in [-0.15, -0.1) is 0 Å². The van der Waals surface area contributed by atoms with E-state index in [1.807, 2.05) is 45.0 Å². The van der Waals surface area contributed by atoms with Crippen LogP contribution in [0.3, 0.4) is 0 Å². The molecule has 0 aromatic heterocycles. The summed E-state index contributed by atoms with van der Waals surface area (Å²) in [6, 6.07) is 11.4. The van der Waals surface area contributed by atoms with Gasteiger partial charge in [-0.05, 0) is 61.7 Å². The van der Waals surface area contributed by atoms with Crippen molar-refractivity contribution in [3.63, 3.8) is 0 Å². The third-order valence-corrected chi connectivity index (χ3v) is 3.41. The van der Waals surface area contributed by atoms with Gasteiger partial charge in [0.05, 0.1) is 12.3 Å². The Morgan fingerprint density at radius 1 is 1.22 bits per heavy atom. The van der Waals surface area contributed by atoms with E-state index in [1.54, 1.807) is 18.2 Å². The lowest BCUT2D eigenvalue weighted by molar-refractivity contribution is -0.111. The fraction of sp³-hybridized carbons (Fsp3) is 0.211. The molecule has 0 saturated carbocycles. The van der Waals surface area contributed by atoms with Crippen LogP contribution in [0, 0.1) is 13.8 Å². The molecule has 3 N–H and O–H groups in total. The Hall–Kier alpha value is -2.75. The number of nitrogens with two attached hydrogens (primary N) is 1. The predicted molar refractivity (Wildman–Crippen MR) is 95.6 cm³/mol. The molecule has 0 unspecified atom stereocenters. The summed E-state index contributed by atoms with van der Waals surface area (Å²) in [6.45, 7) is 6.43. The van der Waals surface area contributed by atoms with E-state index in [-0.39, 0.29) is 5.91 Å². The highest BCUT2D eigenvalue weighted by Crippen LogP contribution is 2.23. The lowest BCUT2D eigenvalue weighted by atomic mass is 10.1. The minimum absolute atomic E-state index is 0.175. The summed E-state index contributed by atoms with van der Waals surface area (Å²) in [6.07, 6.45) is 3.23. The number of anilines is 2. The molecular weight excluding hydrogens is 288 g/mol. The molecular formula is C19H22N2O2. The van der Waals surface area contributed by atoms with Crippen LogP contribution < -0.4 is 15.8 Å². The average Bonchev–Trinajstić information content (AvgIpc) is 2.51. The van der Waals surface area contributed by atoms with Gasteiger partial charge in [-0.1, -0.05) is 18.2 Å². The SMILES string of the molecule is CCOc1ccc(/C=C\C(=O)Nc2cc(C)ccc2C)cc1N. The van der Waals surface area contributed by atoms with Gasteiger partial charge in [0.15, 0.2) is 0 Å². The topological polar surface area (TPSA) is 64.3 Å². The number of benzene rings is 2. The summed E-state index contributed by atoms with van der Waals surface area (Å²) in [4.78, 5) is 12.0. The van der Waals surface area contributed by atoms with Gasteiger partial charge >= 0.3 is 0 Å². The van der Waals surface area contributed by atoms with Crippen LogP contribution in [0.1, 0.15) is 23.6 Å². The minimum Gasteiger partial charge on any atom is -0.492 e. The normalized spacial score (nSPS) is 10.7. The Labute approximate surface area is 137 Å². The molecule has 0 aliphatic carbocycles. The second-order valence-electron chi connectivity index (χ2n) is 5.37. The van der Waals surface area contributed by atoms with Gasteiger partial charge < -0.3 is 15.8 Å². The van der Waals surface area contributed by atoms with E-state index < -0.39 is 0 Å². The number of carbonyl (C=O) groups is 1. The first-order valence-electron chi connectivity index (χ1n) is 7.58. The molecule has 0 atom stereocenters. The minimum atomic E-state index is -0.175. The summed E-state index contributed by atoms with van der Waals surface area (Å²) in [5.41, 5.74) is 10.3. The summed E-state index contributed by atoms with van der Waals surface area (Å²) in [5, 5.41) is 2.89. The van der Waals surface area contributed by atoms with Gasteiger partial charge in [-0.3, -0.25) is 4.79 Å². The van der Waals surface area contributed by atoms with Gasteiger partial charge in [0, 0.05) is 11.8 Å². The molecule has 4 nitrogen and oxygen atoms in total. The zero-order valence-corrected chi connectivity index (χ0v) is 13.7. The predicted octanol–water partition coefficient (Wildman–Crippen LogP) is 3.94. The maximum absolute atomic E-state index is 12.0. The van der Waals surface area contributed by atoms with E-state index in [0.717, 1.165) is 22.4 Å². The van der Waals surface area contributed by atoms with Crippen molar-refractivity contribution >= 4 is 23.4 Å². The van der Waals surface area contributed by atoms with Crippen molar-refractivity contribution in [3.05, 3.63) is 59.2 Å².